The van der Waals surface area contributed by atoms with Crippen molar-refractivity contribution >= 4 is 23.7 Å². The van der Waals surface area contributed by atoms with Gasteiger partial charge in [-0.1, -0.05) is 82.8 Å². The van der Waals surface area contributed by atoms with Gasteiger partial charge in [0.25, 0.3) is 0 Å². The van der Waals surface area contributed by atoms with Gasteiger partial charge >= 0.3 is 11.9 Å². The minimum absolute atomic E-state index is 0.0255. The number of esters is 1. The number of rotatable bonds is 17. The van der Waals surface area contributed by atoms with Crippen molar-refractivity contribution in [2.24, 2.45) is 5.92 Å². The van der Waals surface area contributed by atoms with Crippen LogP contribution in [0.4, 0.5) is 0 Å². The molecule has 0 aromatic heterocycles. The predicted molar refractivity (Wildman–Crippen MR) is 128 cm³/mol. The Morgan fingerprint density at radius 2 is 1.61 bits per heavy atom. The second kappa shape index (κ2) is 17.5. The highest BCUT2D eigenvalue weighted by atomic mass is 32.2. The van der Waals surface area contributed by atoms with Crippen LogP contribution in [0.1, 0.15) is 103 Å². The number of allylic oxidation sites excluding steroid dienone is 1. The fourth-order valence-electron chi connectivity index (χ4n) is 4.32. The van der Waals surface area contributed by atoms with Crippen LogP contribution in [0, 0.1) is 5.92 Å². The van der Waals surface area contributed by atoms with Crippen molar-refractivity contribution in [3.63, 3.8) is 0 Å². The number of carbonyl (C=O) groups excluding carboxylic acids is 1. The molecule has 3 atom stereocenters. The average molecular weight is 457 g/mol. The Morgan fingerprint density at radius 3 is 2.16 bits per heavy atom. The molecule has 1 rings (SSSR count). The van der Waals surface area contributed by atoms with E-state index in [-0.39, 0.29) is 29.3 Å². The van der Waals surface area contributed by atoms with Gasteiger partial charge in [0.1, 0.15) is 0 Å². The van der Waals surface area contributed by atoms with Gasteiger partial charge in [0.15, 0.2) is 0 Å². The number of methoxy groups -OCH3 is 1. The molecule has 0 aromatic carbocycles. The number of thioether (sulfide) groups is 1. The summed E-state index contributed by atoms with van der Waals surface area (Å²) in [7, 11) is 1.36. The molecular weight excluding hydrogens is 412 g/mol. The van der Waals surface area contributed by atoms with Crippen molar-refractivity contribution in [1.82, 2.24) is 0 Å². The lowest BCUT2D eigenvalue weighted by Gasteiger charge is -2.36. The van der Waals surface area contributed by atoms with Crippen LogP contribution in [-0.2, 0) is 14.3 Å². The van der Waals surface area contributed by atoms with Crippen molar-refractivity contribution in [3.8, 4) is 0 Å². The van der Waals surface area contributed by atoms with Crippen LogP contribution in [0.15, 0.2) is 11.6 Å². The Labute approximate surface area is 193 Å². The number of carboxylic acids is 1. The molecule has 0 spiro atoms. The lowest BCUT2D eigenvalue weighted by Crippen LogP contribution is -2.38. The Balaban J connectivity index is 2.34. The van der Waals surface area contributed by atoms with Gasteiger partial charge in [-0.2, -0.15) is 0 Å². The van der Waals surface area contributed by atoms with Crippen molar-refractivity contribution in [2.45, 2.75) is 115 Å². The number of hydrogen-bond acceptors (Lipinski definition) is 5. The zero-order valence-corrected chi connectivity index (χ0v) is 20.5. The first-order valence-electron chi connectivity index (χ1n) is 12.3. The number of aliphatic carboxylic acids is 1. The van der Waals surface area contributed by atoms with Crippen LogP contribution < -0.4 is 0 Å². The number of hydrogen-bond donors (Lipinski definition) is 2. The average Bonchev–Trinajstić information content (AvgIpc) is 2.75. The summed E-state index contributed by atoms with van der Waals surface area (Å²) in [5.74, 6) is -1.28. The van der Waals surface area contributed by atoms with E-state index in [1.165, 1.54) is 83.1 Å². The molecule has 0 aromatic rings. The number of ether oxygens (including phenoxy) is 1. The summed E-state index contributed by atoms with van der Waals surface area (Å²) in [6.07, 6.45) is 18.4. The van der Waals surface area contributed by atoms with E-state index in [2.05, 4.69) is 13.0 Å². The van der Waals surface area contributed by atoms with Gasteiger partial charge < -0.3 is 14.9 Å². The molecule has 0 amide bonds. The normalized spacial score (nSPS) is 22.5. The van der Waals surface area contributed by atoms with E-state index in [0.717, 1.165) is 24.8 Å². The quantitative estimate of drug-likeness (QED) is 0.155. The van der Waals surface area contributed by atoms with Gasteiger partial charge in [-0.3, -0.25) is 9.59 Å². The van der Waals surface area contributed by atoms with Crippen LogP contribution in [0.25, 0.3) is 0 Å². The summed E-state index contributed by atoms with van der Waals surface area (Å²) in [6, 6.07) is 0. The monoisotopic (exact) mass is 456 g/mol. The van der Waals surface area contributed by atoms with Crippen LogP contribution in [-0.4, -0.2) is 46.4 Å². The summed E-state index contributed by atoms with van der Waals surface area (Å²) in [5.41, 5.74) is 1.16. The molecule has 1 saturated carbocycles. The summed E-state index contributed by atoms with van der Waals surface area (Å²) < 4.78 is 4.73. The molecule has 1 aliphatic rings. The molecule has 0 aliphatic heterocycles. The molecule has 1 aliphatic carbocycles. The zero-order valence-electron chi connectivity index (χ0n) is 19.7. The van der Waals surface area contributed by atoms with Crippen LogP contribution in [0.5, 0.6) is 0 Å². The van der Waals surface area contributed by atoms with Crippen LogP contribution in [0.3, 0.4) is 0 Å². The van der Waals surface area contributed by atoms with E-state index in [0.29, 0.717) is 6.42 Å². The number of aliphatic hydroxyl groups is 1. The number of unbranched alkanes of at least 4 members (excludes halogenated alkanes) is 11. The number of aliphatic hydroxyl groups excluding tert-OH is 1. The predicted octanol–water partition coefficient (Wildman–Crippen LogP) is 6.13. The van der Waals surface area contributed by atoms with Gasteiger partial charge in [-0.15, -0.1) is 11.8 Å². The fourth-order valence-corrected chi connectivity index (χ4v) is 5.60. The van der Waals surface area contributed by atoms with Gasteiger partial charge in [0, 0.05) is 0 Å². The minimum atomic E-state index is -0.880. The molecule has 0 saturated heterocycles. The van der Waals surface area contributed by atoms with Crippen LogP contribution in [0.2, 0.25) is 0 Å². The lowest BCUT2D eigenvalue weighted by molar-refractivity contribution is -0.139. The van der Waals surface area contributed by atoms with Crippen molar-refractivity contribution in [3.05, 3.63) is 11.6 Å². The molecule has 2 N–H and O–H groups in total. The molecule has 6 heteroatoms. The van der Waals surface area contributed by atoms with Gasteiger partial charge in [0.05, 0.1) is 30.6 Å². The Hall–Kier alpha value is -1.01. The third kappa shape index (κ3) is 12.6. The van der Waals surface area contributed by atoms with Crippen LogP contribution >= 0.6 is 11.8 Å². The molecule has 5 nitrogen and oxygen atoms in total. The van der Waals surface area contributed by atoms with Crippen molar-refractivity contribution in [1.29, 1.82) is 0 Å². The van der Waals surface area contributed by atoms with Crippen molar-refractivity contribution < 1.29 is 24.5 Å². The first kappa shape index (κ1) is 28.0. The van der Waals surface area contributed by atoms with E-state index in [1.54, 1.807) is 0 Å². The fraction of sp³-hybridized carbons (Fsp3) is 0.840. The molecule has 180 valence electrons. The highest BCUT2D eigenvalue weighted by Gasteiger charge is 2.36. The Bertz CT molecular complexity index is 534. The second-order valence-electron chi connectivity index (χ2n) is 8.80. The topological polar surface area (TPSA) is 83.8 Å². The standard InChI is InChI=1S/C25H44O5S/c1-3-4-5-6-7-8-9-10-11-12-13-14-15-20-16-17-21(18-22(26)27)24(29)25(20)31-19-23(28)30-2/h15,21,24-25,29H,3-14,16-19H2,1-2H3,(H,26,27)/t21?,24?,25-/m0/s1. The van der Waals surface area contributed by atoms with E-state index in [1.807, 2.05) is 0 Å². The summed E-state index contributed by atoms with van der Waals surface area (Å²) in [5, 5.41) is 19.6. The van der Waals surface area contributed by atoms with Crippen molar-refractivity contribution in [2.75, 3.05) is 12.9 Å². The summed E-state index contributed by atoms with van der Waals surface area (Å²) in [4.78, 5) is 22.7. The maximum Gasteiger partial charge on any atom is 0.315 e. The van der Waals surface area contributed by atoms with Gasteiger partial charge in [-0.25, -0.2) is 0 Å². The molecule has 1 fully saturated rings. The third-order valence-electron chi connectivity index (χ3n) is 6.22. The Kier molecular flexibility index (Phi) is 15.9. The van der Waals surface area contributed by atoms with E-state index < -0.39 is 12.1 Å². The molecule has 0 bridgehead atoms. The number of carboxylic acid groups (broad SMARTS) is 1. The largest absolute Gasteiger partial charge is 0.481 e. The number of carbonyl (C=O) groups is 2. The highest BCUT2D eigenvalue weighted by Crippen LogP contribution is 2.38. The molecule has 0 heterocycles. The lowest BCUT2D eigenvalue weighted by atomic mass is 9.80. The first-order valence-corrected chi connectivity index (χ1v) is 13.3. The maximum atomic E-state index is 11.6. The minimum Gasteiger partial charge on any atom is -0.481 e. The summed E-state index contributed by atoms with van der Waals surface area (Å²) in [6.45, 7) is 2.25. The smallest absolute Gasteiger partial charge is 0.315 e. The zero-order chi connectivity index (χ0) is 22.9. The van der Waals surface area contributed by atoms with E-state index in [9.17, 15) is 14.7 Å². The van der Waals surface area contributed by atoms with Gasteiger partial charge in [-0.05, 0) is 31.6 Å². The SMILES string of the molecule is CCCCCCCCCCCCCC=C1CCC(CC(=O)O)C(O)[C@H]1SCC(=O)OC. The third-order valence-corrected chi connectivity index (χ3v) is 7.56. The molecular formula is C25H44O5S. The first-order chi connectivity index (χ1) is 15.0. The molecule has 31 heavy (non-hydrogen) atoms. The maximum absolute atomic E-state index is 11.6. The second-order valence-corrected chi connectivity index (χ2v) is 9.93. The van der Waals surface area contributed by atoms with E-state index in [4.69, 9.17) is 9.84 Å². The molecule has 0 radical (unpaired) electrons. The van der Waals surface area contributed by atoms with E-state index >= 15 is 0 Å². The highest BCUT2D eigenvalue weighted by molar-refractivity contribution is 8.00. The van der Waals surface area contributed by atoms with Gasteiger partial charge in [0.2, 0.25) is 0 Å². The summed E-state index contributed by atoms with van der Waals surface area (Å²) >= 11 is 1.38. The molecule has 2 unspecified atom stereocenters. The Morgan fingerprint density at radius 1 is 1.03 bits per heavy atom.